The molecule has 2 N–H and O–H groups in total. The monoisotopic (exact) mass is 348 g/mol. The third-order valence-electron chi connectivity index (χ3n) is 3.78. The minimum Gasteiger partial charge on any atom is -0.448 e. The summed E-state index contributed by atoms with van der Waals surface area (Å²) in [6.45, 7) is 5.43. The maximum atomic E-state index is 12.1. The zero-order valence-electron chi connectivity index (χ0n) is 13.9. The van der Waals surface area contributed by atoms with E-state index in [1.165, 1.54) is 0 Å². The third-order valence-corrected chi connectivity index (χ3v) is 3.78. The molecule has 2 rings (SSSR count). The van der Waals surface area contributed by atoms with E-state index in [4.69, 9.17) is 9.99 Å². The summed E-state index contributed by atoms with van der Waals surface area (Å²) < 4.78 is 4.95. The fourth-order valence-electron chi connectivity index (χ4n) is 2.42. The molecule has 0 bridgehead atoms. The van der Waals surface area contributed by atoms with E-state index < -0.39 is 24.0 Å². The Balaban J connectivity index is 1.73. The van der Waals surface area contributed by atoms with E-state index in [0.29, 0.717) is 23.1 Å². The van der Waals surface area contributed by atoms with Crippen LogP contribution in [-0.2, 0) is 9.62 Å². The fraction of sp³-hybridized carbons (Fsp3) is 0.353. The van der Waals surface area contributed by atoms with Gasteiger partial charge in [0.1, 0.15) is 12.7 Å². The Morgan fingerprint density at radius 2 is 1.88 bits per heavy atom. The molecule has 0 aromatic heterocycles. The molecule has 0 aliphatic carbocycles. The van der Waals surface area contributed by atoms with Crippen LogP contribution in [0, 0.1) is 0 Å². The lowest BCUT2D eigenvalue weighted by Gasteiger charge is -2.15. The Hall–Kier alpha value is -2.71. The van der Waals surface area contributed by atoms with Gasteiger partial charge in [0.15, 0.2) is 0 Å². The van der Waals surface area contributed by atoms with Crippen LogP contribution in [0.15, 0.2) is 36.4 Å². The van der Waals surface area contributed by atoms with E-state index in [1.807, 2.05) is 0 Å². The zero-order chi connectivity index (χ0) is 18.4. The van der Waals surface area contributed by atoms with Crippen molar-refractivity contribution in [3.63, 3.8) is 0 Å². The number of carbonyl (C=O) groups excluding carboxylic acids is 3. The van der Waals surface area contributed by atoms with Gasteiger partial charge < -0.3 is 10.1 Å². The largest absolute Gasteiger partial charge is 0.448 e. The summed E-state index contributed by atoms with van der Waals surface area (Å²) in [5, 5.41) is 11.2. The second kappa shape index (κ2) is 8.41. The van der Waals surface area contributed by atoms with Crippen molar-refractivity contribution in [3.8, 4) is 0 Å². The Labute approximate surface area is 144 Å². The Kier molecular flexibility index (Phi) is 6.26. The summed E-state index contributed by atoms with van der Waals surface area (Å²) in [7, 11) is 0. The molecule has 1 heterocycles. The first-order chi connectivity index (χ1) is 12.0. The Bertz CT molecular complexity index is 652. The lowest BCUT2D eigenvalue weighted by Crippen LogP contribution is -2.35. The highest BCUT2D eigenvalue weighted by Gasteiger charge is 2.34. The van der Waals surface area contributed by atoms with Gasteiger partial charge in [0.2, 0.25) is 0 Å². The van der Waals surface area contributed by atoms with Gasteiger partial charge >= 0.3 is 6.09 Å². The molecule has 0 radical (unpaired) electrons. The molecule has 134 valence electrons. The second-order valence-electron chi connectivity index (χ2n) is 5.60. The van der Waals surface area contributed by atoms with Crippen molar-refractivity contribution in [2.24, 2.45) is 0 Å². The summed E-state index contributed by atoms with van der Waals surface area (Å²) in [5.74, 6) is -0.789. The van der Waals surface area contributed by atoms with Gasteiger partial charge in [0, 0.05) is 6.54 Å². The van der Waals surface area contributed by atoms with Crippen LogP contribution in [0.4, 0.5) is 4.79 Å². The average Bonchev–Trinajstić information content (AvgIpc) is 2.83. The van der Waals surface area contributed by atoms with Crippen LogP contribution in [0.25, 0.3) is 0 Å². The summed E-state index contributed by atoms with van der Waals surface area (Å²) in [6, 6.07) is 6.55. The maximum Gasteiger partial charge on any atom is 0.407 e. The van der Waals surface area contributed by atoms with Crippen molar-refractivity contribution in [1.29, 1.82) is 0 Å². The maximum absolute atomic E-state index is 12.1. The van der Waals surface area contributed by atoms with Crippen molar-refractivity contribution in [1.82, 2.24) is 10.2 Å². The van der Waals surface area contributed by atoms with Crippen molar-refractivity contribution in [2.45, 2.75) is 19.4 Å². The Morgan fingerprint density at radius 3 is 2.40 bits per heavy atom. The highest BCUT2D eigenvalue weighted by atomic mass is 17.1. The van der Waals surface area contributed by atoms with E-state index in [1.54, 1.807) is 31.2 Å². The number of amides is 3. The fourth-order valence-corrected chi connectivity index (χ4v) is 2.42. The van der Waals surface area contributed by atoms with E-state index >= 15 is 0 Å². The molecule has 0 spiro atoms. The van der Waals surface area contributed by atoms with Gasteiger partial charge in [-0.3, -0.25) is 19.7 Å². The van der Waals surface area contributed by atoms with E-state index in [2.05, 4.69) is 16.8 Å². The zero-order valence-corrected chi connectivity index (χ0v) is 13.9. The lowest BCUT2D eigenvalue weighted by atomic mass is 10.1. The van der Waals surface area contributed by atoms with Crippen LogP contribution in [0.3, 0.4) is 0 Å². The number of carbonyl (C=O) groups is 3. The molecule has 1 atom stereocenters. The smallest absolute Gasteiger partial charge is 0.407 e. The summed E-state index contributed by atoms with van der Waals surface area (Å²) >= 11 is 0. The van der Waals surface area contributed by atoms with E-state index in [-0.39, 0.29) is 19.7 Å². The van der Waals surface area contributed by atoms with Crippen LogP contribution >= 0.6 is 0 Å². The van der Waals surface area contributed by atoms with Crippen molar-refractivity contribution < 1.29 is 29.3 Å². The number of hydrogen-bond donors (Lipinski definition) is 2. The number of rotatable bonds is 8. The molecule has 0 saturated heterocycles. The molecule has 1 aliphatic heterocycles. The van der Waals surface area contributed by atoms with Crippen molar-refractivity contribution >= 4 is 17.9 Å². The predicted octanol–water partition coefficient (Wildman–Crippen LogP) is 1.83. The number of ether oxygens (including phenoxy) is 1. The number of imide groups is 1. The summed E-state index contributed by atoms with van der Waals surface area (Å²) in [6.07, 6.45) is -0.923. The number of nitrogens with zero attached hydrogens (tertiary/aromatic N) is 1. The molecule has 3 amide bonds. The van der Waals surface area contributed by atoms with Gasteiger partial charge in [-0.1, -0.05) is 18.7 Å². The molecule has 1 aliphatic rings. The van der Waals surface area contributed by atoms with Crippen LogP contribution in [0.5, 0.6) is 0 Å². The average molecular weight is 348 g/mol. The third kappa shape index (κ3) is 4.43. The number of hydrogen-bond acceptors (Lipinski definition) is 6. The van der Waals surface area contributed by atoms with Crippen LogP contribution < -0.4 is 5.32 Å². The van der Waals surface area contributed by atoms with Crippen molar-refractivity contribution in [3.05, 3.63) is 47.5 Å². The second-order valence-corrected chi connectivity index (χ2v) is 5.60. The first-order valence-electron chi connectivity index (χ1n) is 7.77. The topological polar surface area (TPSA) is 105 Å². The minimum atomic E-state index is -0.685. The SMILES string of the molecule is C=C(C)C(CCNC(=O)OCCN1C(=O)c2ccccc2C1=O)OO. The standard InChI is InChI=1S/C17H20N2O6/c1-11(2)14(25-23)7-8-18-17(22)24-10-9-19-15(20)12-5-3-4-6-13(12)16(19)21/h3-6,14,23H,1,7-10H2,2H3,(H,18,22). The highest BCUT2D eigenvalue weighted by Crippen LogP contribution is 2.21. The predicted molar refractivity (Wildman–Crippen MR) is 88.1 cm³/mol. The minimum absolute atomic E-state index is 0.0199. The molecule has 0 saturated carbocycles. The molecular weight excluding hydrogens is 328 g/mol. The molecule has 1 aromatic carbocycles. The quantitative estimate of drug-likeness (QED) is 0.321. The first-order valence-corrected chi connectivity index (χ1v) is 7.77. The van der Waals surface area contributed by atoms with Gasteiger partial charge in [0.25, 0.3) is 11.8 Å². The van der Waals surface area contributed by atoms with Gasteiger partial charge in [0.05, 0.1) is 17.7 Å². The molecule has 8 heteroatoms. The van der Waals surface area contributed by atoms with E-state index in [9.17, 15) is 14.4 Å². The van der Waals surface area contributed by atoms with Crippen LogP contribution in [0.1, 0.15) is 34.1 Å². The van der Waals surface area contributed by atoms with E-state index in [0.717, 1.165) is 4.90 Å². The van der Waals surface area contributed by atoms with Gasteiger partial charge in [-0.15, -0.1) is 0 Å². The summed E-state index contributed by atoms with van der Waals surface area (Å²) in [5.41, 5.74) is 1.34. The molecular formula is C17H20N2O6. The Morgan fingerprint density at radius 1 is 1.28 bits per heavy atom. The van der Waals surface area contributed by atoms with Crippen LogP contribution in [-0.4, -0.2) is 53.9 Å². The van der Waals surface area contributed by atoms with Crippen molar-refractivity contribution in [2.75, 3.05) is 19.7 Å². The molecule has 25 heavy (non-hydrogen) atoms. The van der Waals surface area contributed by atoms with Gasteiger partial charge in [-0.05, 0) is 31.1 Å². The number of alkyl carbamates (subject to hydrolysis) is 1. The molecule has 0 fully saturated rings. The number of benzene rings is 1. The normalized spacial score (nSPS) is 14.2. The van der Waals surface area contributed by atoms with Gasteiger partial charge in [-0.25, -0.2) is 9.68 Å². The molecule has 1 aromatic rings. The molecule has 1 unspecified atom stereocenters. The molecule has 8 nitrogen and oxygen atoms in total. The summed E-state index contributed by atoms with van der Waals surface area (Å²) in [4.78, 5) is 41.1. The van der Waals surface area contributed by atoms with Gasteiger partial charge in [-0.2, -0.15) is 0 Å². The first kappa shape index (κ1) is 18.6. The number of nitrogens with one attached hydrogen (secondary N) is 1. The number of fused-ring (bicyclic) bond motifs is 1. The van der Waals surface area contributed by atoms with Crippen LogP contribution in [0.2, 0.25) is 0 Å². The lowest BCUT2D eigenvalue weighted by molar-refractivity contribution is -0.269. The highest BCUT2D eigenvalue weighted by molar-refractivity contribution is 6.21.